The molecule has 2 unspecified atom stereocenters. The standard InChI is InChI=1S/C44H64N4O4Si/c1-30-34(33-16-17-35(47-37(33)38(49)52-39(2,3)4)32-15-14-31-13-12-18-45-36(31)21-32)22-46-48(30)29-43-24-41(8)23-42(9,25-43)27-44(26-41,28-43)50-19-20-51-53(10,11)40(5,6)7/h14-17,21-22,45H,12-13,18-20,23-29H2,1-11H3. The first-order chi connectivity index (χ1) is 24.6. The number of rotatable bonds is 10. The van der Waals surface area contributed by atoms with Crippen LogP contribution in [0.5, 0.6) is 0 Å². The van der Waals surface area contributed by atoms with Gasteiger partial charge < -0.3 is 19.2 Å². The number of esters is 1. The van der Waals surface area contributed by atoms with Crippen molar-refractivity contribution in [1.82, 2.24) is 14.8 Å². The zero-order chi connectivity index (χ0) is 38.2. The quantitative estimate of drug-likeness (QED) is 0.126. The molecule has 2 atom stereocenters. The van der Waals surface area contributed by atoms with Crippen molar-refractivity contribution in [2.45, 2.75) is 150 Å². The Hall–Kier alpha value is -3.01. The van der Waals surface area contributed by atoms with Gasteiger partial charge in [-0.1, -0.05) is 46.8 Å². The van der Waals surface area contributed by atoms with Gasteiger partial charge in [0.15, 0.2) is 14.0 Å². The van der Waals surface area contributed by atoms with Crippen molar-refractivity contribution in [3.05, 3.63) is 53.5 Å². The van der Waals surface area contributed by atoms with Crippen LogP contribution in [0.25, 0.3) is 22.4 Å². The van der Waals surface area contributed by atoms with Crippen LogP contribution >= 0.6 is 0 Å². The minimum Gasteiger partial charge on any atom is -0.455 e. The van der Waals surface area contributed by atoms with E-state index in [9.17, 15) is 4.79 Å². The molecule has 0 spiro atoms. The van der Waals surface area contributed by atoms with Crippen LogP contribution in [0, 0.1) is 23.2 Å². The van der Waals surface area contributed by atoms with E-state index < -0.39 is 19.9 Å². The average Bonchev–Trinajstić information content (AvgIpc) is 3.38. The fraction of sp³-hybridized carbons (Fsp3) is 0.659. The topological polar surface area (TPSA) is 87.5 Å². The molecule has 53 heavy (non-hydrogen) atoms. The van der Waals surface area contributed by atoms with Crippen LogP contribution in [0.1, 0.15) is 122 Å². The molecule has 4 aliphatic carbocycles. The molecule has 4 bridgehead atoms. The Kier molecular flexibility index (Phi) is 9.42. The SMILES string of the molecule is Cc1c(-c2ccc(-c3ccc4c(c3)NCCC4)nc2C(=O)OC(C)(C)C)cnn1CC12CC3(C)CC(C)(C1)CC(OCCO[Si](C)(C)C(C)(C)C)(C3)C2. The molecule has 8 rings (SSSR count). The number of benzene rings is 1. The zero-order valence-electron chi connectivity index (χ0n) is 34.4. The summed E-state index contributed by atoms with van der Waals surface area (Å²) in [6.07, 6.45) is 11.1. The van der Waals surface area contributed by atoms with E-state index in [1.165, 1.54) is 24.8 Å². The maximum Gasteiger partial charge on any atom is 0.358 e. The van der Waals surface area contributed by atoms with E-state index in [1.807, 2.05) is 39.1 Å². The van der Waals surface area contributed by atoms with Crippen molar-refractivity contribution in [1.29, 1.82) is 0 Å². The summed E-state index contributed by atoms with van der Waals surface area (Å²) in [6.45, 7) is 27.5. The molecule has 1 aromatic carbocycles. The Morgan fingerprint density at radius 3 is 2.32 bits per heavy atom. The lowest BCUT2D eigenvalue weighted by Crippen LogP contribution is -2.64. The van der Waals surface area contributed by atoms with Crippen LogP contribution in [0.2, 0.25) is 18.1 Å². The normalized spacial score (nSPS) is 28.1. The van der Waals surface area contributed by atoms with E-state index in [0.29, 0.717) is 18.9 Å². The first-order valence-electron chi connectivity index (χ1n) is 20.0. The highest BCUT2D eigenvalue weighted by atomic mass is 28.4. The predicted octanol–water partition coefficient (Wildman–Crippen LogP) is 10.4. The molecule has 0 amide bonds. The average molecular weight is 741 g/mol. The number of hydrogen-bond donors (Lipinski definition) is 1. The van der Waals surface area contributed by atoms with Crippen LogP contribution in [-0.4, -0.2) is 60.0 Å². The Morgan fingerprint density at radius 2 is 1.64 bits per heavy atom. The highest BCUT2D eigenvalue weighted by Gasteiger charge is 2.66. The van der Waals surface area contributed by atoms with Crippen molar-refractivity contribution in [2.24, 2.45) is 16.2 Å². The smallest absolute Gasteiger partial charge is 0.358 e. The van der Waals surface area contributed by atoms with Gasteiger partial charge in [-0.15, -0.1) is 0 Å². The maximum absolute atomic E-state index is 13.9. The van der Waals surface area contributed by atoms with Gasteiger partial charge in [-0.25, -0.2) is 9.78 Å². The van der Waals surface area contributed by atoms with E-state index in [0.717, 1.165) is 79.0 Å². The molecule has 0 saturated heterocycles. The highest BCUT2D eigenvalue weighted by Crippen LogP contribution is 2.72. The molecule has 3 heterocycles. The third-order valence-electron chi connectivity index (χ3n) is 13.1. The molecule has 1 N–H and O–H groups in total. The second-order valence-corrected chi connectivity index (χ2v) is 25.4. The molecule has 4 fully saturated rings. The summed E-state index contributed by atoms with van der Waals surface area (Å²) in [7, 11) is -1.83. The number of carbonyl (C=O) groups excluding carboxylic acids is 1. The number of nitrogens with zero attached hydrogens (tertiary/aromatic N) is 3. The fourth-order valence-corrected chi connectivity index (χ4v) is 12.1. The molecule has 4 saturated carbocycles. The van der Waals surface area contributed by atoms with Crippen molar-refractivity contribution < 1.29 is 18.7 Å². The van der Waals surface area contributed by atoms with Crippen LogP contribution in [-0.2, 0) is 26.9 Å². The summed E-state index contributed by atoms with van der Waals surface area (Å²) in [5.74, 6) is -0.420. The lowest BCUT2D eigenvalue weighted by Gasteiger charge is -2.69. The van der Waals surface area contributed by atoms with Crippen LogP contribution in [0.15, 0.2) is 36.5 Å². The van der Waals surface area contributed by atoms with Gasteiger partial charge in [0, 0.05) is 41.2 Å². The summed E-state index contributed by atoms with van der Waals surface area (Å²) >= 11 is 0. The van der Waals surface area contributed by atoms with Gasteiger partial charge in [0.25, 0.3) is 0 Å². The fourth-order valence-electron chi connectivity index (χ4n) is 11.0. The molecule has 1 aliphatic heterocycles. The van der Waals surface area contributed by atoms with Gasteiger partial charge in [-0.3, -0.25) is 4.68 Å². The highest BCUT2D eigenvalue weighted by molar-refractivity contribution is 6.74. The van der Waals surface area contributed by atoms with Gasteiger partial charge >= 0.3 is 5.97 Å². The van der Waals surface area contributed by atoms with E-state index >= 15 is 0 Å². The maximum atomic E-state index is 13.9. The van der Waals surface area contributed by atoms with Crippen LogP contribution in [0.3, 0.4) is 0 Å². The Balaban J connectivity index is 1.17. The Morgan fingerprint density at radius 1 is 0.925 bits per heavy atom. The van der Waals surface area contributed by atoms with E-state index in [4.69, 9.17) is 24.0 Å². The van der Waals surface area contributed by atoms with Crippen LogP contribution < -0.4 is 5.32 Å². The van der Waals surface area contributed by atoms with Gasteiger partial charge in [0.05, 0.1) is 30.7 Å². The number of anilines is 1. The molecule has 2 aromatic heterocycles. The number of fused-ring (bicyclic) bond motifs is 1. The summed E-state index contributed by atoms with van der Waals surface area (Å²) in [5, 5.41) is 8.75. The minimum atomic E-state index is -1.83. The monoisotopic (exact) mass is 740 g/mol. The number of hydrogen-bond acceptors (Lipinski definition) is 7. The second-order valence-electron chi connectivity index (χ2n) is 20.6. The zero-order valence-corrected chi connectivity index (χ0v) is 35.4. The number of carbonyl (C=O) groups is 1. The Labute approximate surface area is 319 Å². The van der Waals surface area contributed by atoms with Gasteiger partial charge in [0.1, 0.15) is 5.60 Å². The van der Waals surface area contributed by atoms with Crippen molar-refractivity contribution >= 4 is 20.0 Å². The second kappa shape index (κ2) is 13.0. The van der Waals surface area contributed by atoms with E-state index in [-0.39, 0.29) is 26.9 Å². The van der Waals surface area contributed by atoms with Crippen molar-refractivity contribution in [3.8, 4) is 22.4 Å². The Bertz CT molecular complexity index is 1870. The summed E-state index contributed by atoms with van der Waals surface area (Å²) < 4.78 is 21.7. The largest absolute Gasteiger partial charge is 0.455 e. The third kappa shape index (κ3) is 7.64. The molecule has 5 aliphatic rings. The molecule has 3 aromatic rings. The van der Waals surface area contributed by atoms with Gasteiger partial charge in [0.2, 0.25) is 0 Å². The molecular weight excluding hydrogens is 677 g/mol. The molecule has 288 valence electrons. The lowest BCUT2D eigenvalue weighted by atomic mass is 9.39. The number of ether oxygens (including phenoxy) is 2. The summed E-state index contributed by atoms with van der Waals surface area (Å²) in [6, 6.07) is 10.5. The number of aryl methyl sites for hydroxylation is 1. The minimum absolute atomic E-state index is 0.0865. The summed E-state index contributed by atoms with van der Waals surface area (Å²) in [5.41, 5.74) is 7.04. The first kappa shape index (κ1) is 38.3. The lowest BCUT2D eigenvalue weighted by molar-refractivity contribution is -0.249. The molecule has 0 radical (unpaired) electrons. The predicted molar refractivity (Wildman–Crippen MR) is 216 cm³/mol. The van der Waals surface area contributed by atoms with Crippen molar-refractivity contribution in [3.63, 3.8) is 0 Å². The molecule has 8 nitrogen and oxygen atoms in total. The molecular formula is C44H64N4O4Si. The van der Waals surface area contributed by atoms with Gasteiger partial charge in [-0.2, -0.15) is 5.10 Å². The van der Waals surface area contributed by atoms with Gasteiger partial charge in [-0.05, 0) is 137 Å². The number of nitrogens with one attached hydrogen (secondary N) is 1. The number of aromatic nitrogens is 3. The van der Waals surface area contributed by atoms with E-state index in [1.54, 1.807) is 0 Å². The third-order valence-corrected chi connectivity index (χ3v) is 17.7. The van der Waals surface area contributed by atoms with E-state index in [2.05, 4.69) is 82.8 Å². The van der Waals surface area contributed by atoms with Crippen LogP contribution in [0.4, 0.5) is 5.69 Å². The van der Waals surface area contributed by atoms with Crippen molar-refractivity contribution in [2.75, 3.05) is 25.1 Å². The number of pyridine rings is 1. The summed E-state index contributed by atoms with van der Waals surface area (Å²) in [4.78, 5) is 18.9. The first-order valence-corrected chi connectivity index (χ1v) is 22.9. The molecule has 9 heteroatoms.